The number of fused-ring (bicyclic) bond motifs is 1. The second-order valence-electron chi connectivity index (χ2n) is 2.09. The number of aromatic nitrogens is 4. The van der Waals surface area contributed by atoms with Gasteiger partial charge >= 0.3 is 0 Å². The molecule has 0 aromatic heterocycles. The molecule has 0 atom stereocenters. The summed E-state index contributed by atoms with van der Waals surface area (Å²) >= 11 is 0. The lowest BCUT2D eigenvalue weighted by Crippen LogP contribution is -1.93. The minimum absolute atomic E-state index is 0.670. The van der Waals surface area contributed by atoms with Crippen molar-refractivity contribution in [1.29, 1.82) is 0 Å². The Labute approximate surface area is 63.6 Å². The number of hydrogen-bond acceptors (Lipinski definition) is 3. The van der Waals surface area contributed by atoms with Crippen LogP contribution in [-0.2, 0) is 0 Å². The molecule has 0 radical (unpaired) electrons. The fourth-order valence-electron chi connectivity index (χ4n) is 0.856. The number of rotatable bonds is 1. The van der Waals surface area contributed by atoms with E-state index in [-0.39, 0.29) is 0 Å². The summed E-state index contributed by atoms with van der Waals surface area (Å²) in [5.74, 6) is 0.670. The lowest BCUT2D eigenvalue weighted by atomic mass is 10.4. The second-order valence-corrected chi connectivity index (χ2v) is 2.09. The van der Waals surface area contributed by atoms with E-state index >= 15 is 0 Å². The van der Waals surface area contributed by atoms with Crippen LogP contribution in [0, 0.1) is 0 Å². The van der Waals surface area contributed by atoms with E-state index in [1.165, 1.54) is 6.33 Å². The zero-order valence-electron chi connectivity index (χ0n) is 5.81. The van der Waals surface area contributed by atoms with E-state index in [1.54, 1.807) is 17.1 Å². The third-order valence-corrected chi connectivity index (χ3v) is 1.40. The molecule has 0 spiro atoms. The summed E-state index contributed by atoms with van der Waals surface area (Å²) in [6, 6.07) is 0. The van der Waals surface area contributed by atoms with Gasteiger partial charge in [0.1, 0.15) is 18.3 Å². The lowest BCUT2D eigenvalue weighted by Gasteiger charge is -1.98. The van der Waals surface area contributed by atoms with Crippen LogP contribution in [0.3, 0.4) is 0 Å². The molecule has 0 aromatic rings. The molecule has 54 valence electrons. The van der Waals surface area contributed by atoms with Gasteiger partial charge in [-0.15, -0.1) is 0 Å². The number of imidazole rings is 1. The lowest BCUT2D eigenvalue weighted by molar-refractivity contribution is 1.02. The van der Waals surface area contributed by atoms with Gasteiger partial charge in [0.05, 0.1) is 0 Å². The van der Waals surface area contributed by atoms with Crippen LogP contribution in [0.1, 0.15) is 0 Å². The molecule has 0 saturated heterocycles. The predicted molar refractivity (Wildman–Crippen MR) is 40.8 cm³/mol. The molecule has 0 aliphatic carbocycles. The SMILES string of the molecule is C=Cn1cnc2ncnc-2c1. The molecule has 0 bridgehead atoms. The molecule has 11 heavy (non-hydrogen) atoms. The summed E-state index contributed by atoms with van der Waals surface area (Å²) in [6.45, 7) is 3.60. The normalized spacial score (nSPS) is 10.2. The van der Waals surface area contributed by atoms with Crippen LogP contribution >= 0.6 is 0 Å². The molecule has 0 aromatic carbocycles. The molecule has 2 rings (SSSR count). The van der Waals surface area contributed by atoms with Gasteiger partial charge in [-0.25, -0.2) is 15.0 Å². The van der Waals surface area contributed by atoms with Crippen molar-refractivity contribution in [2.45, 2.75) is 0 Å². The highest BCUT2D eigenvalue weighted by Gasteiger charge is 2.04. The van der Waals surface area contributed by atoms with E-state index in [0.717, 1.165) is 5.69 Å². The topological polar surface area (TPSA) is 43.6 Å². The molecular formula is C7H6N4. The molecule has 4 heteroatoms. The summed E-state index contributed by atoms with van der Waals surface area (Å²) in [6.07, 6.45) is 6.61. The van der Waals surface area contributed by atoms with Crippen LogP contribution in [0.15, 0.2) is 25.4 Å². The molecule has 4 nitrogen and oxygen atoms in total. The van der Waals surface area contributed by atoms with Crippen molar-refractivity contribution >= 4 is 6.20 Å². The summed E-state index contributed by atoms with van der Waals surface area (Å²) in [5, 5.41) is 0. The summed E-state index contributed by atoms with van der Waals surface area (Å²) < 4.78 is 1.73. The van der Waals surface area contributed by atoms with Gasteiger partial charge in [0.2, 0.25) is 0 Å². The summed E-state index contributed by atoms with van der Waals surface area (Å²) in [5.41, 5.74) is 0.785. The second kappa shape index (κ2) is 2.16. The molecule has 0 fully saturated rings. The van der Waals surface area contributed by atoms with Gasteiger partial charge in [0.15, 0.2) is 5.82 Å². The Morgan fingerprint density at radius 1 is 1.36 bits per heavy atom. The first-order valence-electron chi connectivity index (χ1n) is 3.17. The van der Waals surface area contributed by atoms with Gasteiger partial charge < -0.3 is 4.57 Å². The van der Waals surface area contributed by atoms with Gasteiger partial charge in [-0.3, -0.25) is 0 Å². The Bertz CT molecular complexity index is 352. The van der Waals surface area contributed by atoms with Crippen molar-refractivity contribution in [1.82, 2.24) is 19.5 Å². The van der Waals surface area contributed by atoms with Crippen molar-refractivity contribution in [3.05, 3.63) is 25.4 Å². The largest absolute Gasteiger partial charge is 0.313 e. The first-order chi connectivity index (χ1) is 5.40. The molecule has 2 heterocycles. The highest BCUT2D eigenvalue weighted by atomic mass is 15.1. The Balaban J connectivity index is 2.68. The highest BCUT2D eigenvalue weighted by molar-refractivity contribution is 5.48. The van der Waals surface area contributed by atoms with Gasteiger partial charge in [-0.1, -0.05) is 6.58 Å². The predicted octanol–water partition coefficient (Wildman–Crippen LogP) is 0.878. The van der Waals surface area contributed by atoms with E-state index in [1.807, 2.05) is 6.20 Å². The Hall–Kier alpha value is -1.71. The molecular weight excluding hydrogens is 140 g/mol. The van der Waals surface area contributed by atoms with E-state index < -0.39 is 0 Å². The van der Waals surface area contributed by atoms with E-state index in [4.69, 9.17) is 0 Å². The first kappa shape index (κ1) is 6.03. The molecule has 0 unspecified atom stereocenters. The smallest absolute Gasteiger partial charge is 0.182 e. The average molecular weight is 146 g/mol. The highest BCUT2D eigenvalue weighted by Crippen LogP contribution is 2.10. The molecule has 2 aliphatic heterocycles. The quantitative estimate of drug-likeness (QED) is 0.599. The van der Waals surface area contributed by atoms with E-state index in [0.29, 0.717) is 5.82 Å². The van der Waals surface area contributed by atoms with Crippen molar-refractivity contribution < 1.29 is 0 Å². The van der Waals surface area contributed by atoms with Gasteiger partial charge in [-0.05, 0) is 0 Å². The van der Waals surface area contributed by atoms with Crippen LogP contribution in [0.4, 0.5) is 0 Å². The minimum atomic E-state index is 0.670. The Morgan fingerprint density at radius 2 is 2.27 bits per heavy atom. The monoisotopic (exact) mass is 146 g/mol. The van der Waals surface area contributed by atoms with E-state index in [2.05, 4.69) is 21.5 Å². The standard InChI is InChI=1S/C7H6N4/c1-2-11-3-6-7(10-5-11)9-4-8-6/h2-5H,1H2. The number of nitrogens with zero attached hydrogens (tertiary/aromatic N) is 4. The van der Waals surface area contributed by atoms with Crippen LogP contribution in [-0.4, -0.2) is 19.5 Å². The molecule has 0 amide bonds. The van der Waals surface area contributed by atoms with Crippen molar-refractivity contribution in [2.24, 2.45) is 0 Å². The molecule has 0 saturated carbocycles. The van der Waals surface area contributed by atoms with Crippen LogP contribution in [0.5, 0.6) is 0 Å². The minimum Gasteiger partial charge on any atom is -0.313 e. The summed E-state index contributed by atoms with van der Waals surface area (Å²) in [4.78, 5) is 11.9. The fourth-order valence-corrected chi connectivity index (χ4v) is 0.856. The third kappa shape index (κ3) is 0.881. The maximum atomic E-state index is 4.03. The average Bonchev–Trinajstić information content (AvgIpc) is 2.50. The zero-order chi connectivity index (χ0) is 7.68. The summed E-state index contributed by atoms with van der Waals surface area (Å²) in [7, 11) is 0. The Morgan fingerprint density at radius 3 is 3.09 bits per heavy atom. The number of hydrogen-bond donors (Lipinski definition) is 0. The Kier molecular flexibility index (Phi) is 1.18. The molecule has 0 N–H and O–H groups in total. The fraction of sp³-hybridized carbons (Fsp3) is 0. The van der Waals surface area contributed by atoms with Crippen molar-refractivity contribution in [3.63, 3.8) is 0 Å². The van der Waals surface area contributed by atoms with Crippen LogP contribution in [0.25, 0.3) is 17.7 Å². The maximum absolute atomic E-state index is 4.03. The van der Waals surface area contributed by atoms with E-state index in [9.17, 15) is 0 Å². The van der Waals surface area contributed by atoms with Crippen molar-refractivity contribution in [3.8, 4) is 11.5 Å². The molecule has 2 aliphatic rings. The van der Waals surface area contributed by atoms with Crippen LogP contribution in [0.2, 0.25) is 0 Å². The van der Waals surface area contributed by atoms with Crippen molar-refractivity contribution in [2.75, 3.05) is 0 Å². The van der Waals surface area contributed by atoms with Crippen LogP contribution < -0.4 is 0 Å². The maximum Gasteiger partial charge on any atom is 0.182 e. The van der Waals surface area contributed by atoms with Gasteiger partial charge in [0.25, 0.3) is 0 Å². The first-order valence-corrected chi connectivity index (χ1v) is 3.17. The third-order valence-electron chi connectivity index (χ3n) is 1.40. The van der Waals surface area contributed by atoms with Gasteiger partial charge in [0, 0.05) is 12.4 Å². The van der Waals surface area contributed by atoms with Gasteiger partial charge in [-0.2, -0.15) is 0 Å². The zero-order valence-corrected chi connectivity index (χ0v) is 5.81.